The molecule has 5 aromatic rings. The first-order valence-electron chi connectivity index (χ1n) is 25.0. The number of nitrogens with one attached hydrogen (secondary N) is 1. The van der Waals surface area contributed by atoms with E-state index in [2.05, 4.69) is 146 Å². The molecule has 71 heavy (non-hydrogen) atoms. The predicted molar refractivity (Wildman–Crippen MR) is 287 cm³/mol. The summed E-state index contributed by atoms with van der Waals surface area (Å²) in [7, 11) is -8.17. The number of carbonyl (C=O) groups excluding carboxylic acids is 1. The van der Waals surface area contributed by atoms with Crippen LogP contribution >= 0.6 is 0 Å². The van der Waals surface area contributed by atoms with Gasteiger partial charge in [-0.1, -0.05) is 92.7 Å². The summed E-state index contributed by atoms with van der Waals surface area (Å²) in [5.41, 5.74) is 15.8. The van der Waals surface area contributed by atoms with Crippen LogP contribution in [0.2, 0.25) is 0 Å². The quantitative estimate of drug-likeness (QED) is 0.0314. The van der Waals surface area contributed by atoms with E-state index >= 15 is 0 Å². The van der Waals surface area contributed by atoms with Gasteiger partial charge in [-0.05, 0) is 133 Å². The van der Waals surface area contributed by atoms with Gasteiger partial charge in [0.25, 0.3) is 26.1 Å². The van der Waals surface area contributed by atoms with Gasteiger partial charge in [0.2, 0.25) is 5.69 Å². The summed E-state index contributed by atoms with van der Waals surface area (Å²) >= 11 is 0. The number of rotatable bonds is 21. The lowest BCUT2D eigenvalue weighted by Gasteiger charge is -2.31. The van der Waals surface area contributed by atoms with Crippen molar-refractivity contribution >= 4 is 70.3 Å². The summed E-state index contributed by atoms with van der Waals surface area (Å²) in [4.78, 5) is 15.7. The normalized spacial score (nSPS) is 18.3. The van der Waals surface area contributed by atoms with Gasteiger partial charge in [-0.15, -0.1) is 0 Å². The molecule has 2 heterocycles. The van der Waals surface area contributed by atoms with Gasteiger partial charge in [0.15, 0.2) is 5.71 Å². The molecular formula is C57H69N4O8S2+. The van der Waals surface area contributed by atoms with Crippen molar-refractivity contribution in [2.24, 2.45) is 11.7 Å². The van der Waals surface area contributed by atoms with E-state index in [1.165, 1.54) is 33.0 Å². The van der Waals surface area contributed by atoms with Crippen molar-refractivity contribution in [3.05, 3.63) is 149 Å². The molecule has 5 N–H and O–H groups in total. The number of allylic oxidation sites excluding steroid dienone is 6. The van der Waals surface area contributed by atoms with Gasteiger partial charge >= 0.3 is 0 Å². The molecule has 5 aromatic carbocycles. The summed E-state index contributed by atoms with van der Waals surface area (Å²) in [6, 6.07) is 33.5. The van der Waals surface area contributed by atoms with Crippen molar-refractivity contribution in [2.45, 2.75) is 89.9 Å². The zero-order valence-electron chi connectivity index (χ0n) is 41.5. The van der Waals surface area contributed by atoms with Crippen LogP contribution in [0.25, 0.3) is 27.1 Å². The van der Waals surface area contributed by atoms with Crippen molar-refractivity contribution in [3.8, 4) is 0 Å². The van der Waals surface area contributed by atoms with Crippen LogP contribution in [0, 0.1) is 5.92 Å². The second kappa shape index (κ2) is 21.7. The minimum absolute atomic E-state index is 0.118. The highest BCUT2D eigenvalue weighted by Crippen LogP contribution is 2.52. The molecule has 0 spiro atoms. The summed E-state index contributed by atoms with van der Waals surface area (Å²) in [6.07, 6.45) is 12.3. The minimum Gasteiger partial charge on any atom is -0.378 e. The first-order chi connectivity index (χ1) is 33.9. The number of nitrogens with two attached hydrogens (primary N) is 1. The molecule has 0 saturated carbocycles. The number of hydrogen-bond donors (Lipinski definition) is 4. The number of fused-ring (bicyclic) bond motifs is 6. The number of anilines is 1. The number of amides is 1. The van der Waals surface area contributed by atoms with Crippen molar-refractivity contribution in [3.63, 3.8) is 0 Å². The van der Waals surface area contributed by atoms with Gasteiger partial charge in [-0.25, -0.2) is 0 Å². The second-order valence-electron chi connectivity index (χ2n) is 20.2. The Morgan fingerprint density at radius 1 is 0.789 bits per heavy atom. The SMILES string of the molecule is CC1(C)C(/C=C/C2=C(c3ccc(C(=O)NCCOCCN)cc3)C(C/C=C3\N(CCCCS(=O)(=O)O)c4ccc5ccccc5c4C3(C)C)CCC2)=[N+](CCCCS(=O)(=O)O)c2ccc3ccccc3c21. The molecular weight excluding hydrogens is 933 g/mol. The van der Waals surface area contributed by atoms with Crippen LogP contribution in [0.3, 0.4) is 0 Å². The lowest BCUT2D eigenvalue weighted by atomic mass is 9.75. The van der Waals surface area contributed by atoms with Crippen LogP contribution in [0.4, 0.5) is 11.4 Å². The molecule has 1 aliphatic carbocycles. The highest BCUT2D eigenvalue weighted by Gasteiger charge is 2.46. The van der Waals surface area contributed by atoms with E-state index in [9.17, 15) is 30.7 Å². The van der Waals surface area contributed by atoms with Crippen LogP contribution in [-0.4, -0.2) is 93.0 Å². The molecule has 12 nitrogen and oxygen atoms in total. The van der Waals surface area contributed by atoms with Crippen molar-refractivity contribution in [1.82, 2.24) is 5.32 Å². The topological polar surface area (TPSA) is 179 Å². The van der Waals surface area contributed by atoms with E-state index in [0.717, 1.165) is 64.8 Å². The fraction of sp³-hybridized carbons (Fsp3) is 0.404. The molecule has 8 rings (SSSR count). The second-order valence-corrected chi connectivity index (χ2v) is 23.4. The standard InChI is InChI=1S/C57H68N4O8S2/c1-56(2)50(60(34-9-11-38-70(63,64)65)48-28-24-40-14-5-7-18-46(40)53(48)56)30-26-42-16-13-17-43(52(42)44-20-22-45(23-21-44)55(62)59-33-37-69-36-32-58)27-31-51-57(3,4)54-47-19-8-6-15-41(47)25-29-49(54)61(51)35-10-12-39-71(66,67)68/h5-8,14-15,18-26,28-31,43H,9-13,16-17,27,32-39,58H2,1-4H3,(H2-,59,62,63,64,65,66,67,68)/p+1/b30-26+,51-31-. The zero-order chi connectivity index (χ0) is 50.6. The maximum absolute atomic E-state index is 13.3. The van der Waals surface area contributed by atoms with E-state index in [-0.39, 0.29) is 28.7 Å². The van der Waals surface area contributed by atoms with Crippen molar-refractivity contribution < 1.29 is 40.0 Å². The predicted octanol–water partition coefficient (Wildman–Crippen LogP) is 10.3. The van der Waals surface area contributed by atoms with Gasteiger partial charge in [0, 0.05) is 66.1 Å². The van der Waals surface area contributed by atoms with Crippen molar-refractivity contribution in [1.29, 1.82) is 0 Å². The molecule has 1 unspecified atom stereocenters. The maximum Gasteiger partial charge on any atom is 0.264 e. The number of benzene rings is 5. The Morgan fingerprint density at radius 2 is 1.44 bits per heavy atom. The molecule has 2 aliphatic heterocycles. The van der Waals surface area contributed by atoms with Gasteiger partial charge < -0.3 is 20.7 Å². The monoisotopic (exact) mass is 1000 g/mol. The third kappa shape index (κ3) is 11.6. The Balaban J connectivity index is 1.20. The van der Waals surface area contributed by atoms with E-state index in [1.807, 2.05) is 12.1 Å². The lowest BCUT2D eigenvalue weighted by Crippen LogP contribution is -2.28. The summed E-state index contributed by atoms with van der Waals surface area (Å²) in [5, 5.41) is 7.64. The molecule has 3 aliphatic rings. The molecule has 14 heteroatoms. The Labute approximate surface area is 419 Å². The maximum atomic E-state index is 13.3. The molecule has 376 valence electrons. The summed E-state index contributed by atoms with van der Waals surface area (Å²) in [5.74, 6) is -0.632. The van der Waals surface area contributed by atoms with Crippen LogP contribution < -0.4 is 16.0 Å². The highest BCUT2D eigenvalue weighted by molar-refractivity contribution is 7.86. The van der Waals surface area contributed by atoms with Crippen LogP contribution in [0.1, 0.15) is 106 Å². The van der Waals surface area contributed by atoms with E-state index in [1.54, 1.807) is 0 Å². The Kier molecular flexibility index (Phi) is 15.9. The summed E-state index contributed by atoms with van der Waals surface area (Å²) < 4.78 is 73.8. The van der Waals surface area contributed by atoms with E-state index in [0.29, 0.717) is 70.6 Å². The third-order valence-electron chi connectivity index (χ3n) is 14.6. The van der Waals surface area contributed by atoms with Crippen LogP contribution in [0.15, 0.2) is 127 Å². The molecule has 0 bridgehead atoms. The van der Waals surface area contributed by atoms with Crippen molar-refractivity contribution in [2.75, 3.05) is 55.8 Å². The number of hydrogen-bond acceptors (Lipinski definition) is 8. The van der Waals surface area contributed by atoms with Gasteiger partial charge in [0.05, 0.1) is 30.1 Å². The molecule has 0 saturated heterocycles. The van der Waals surface area contributed by atoms with Crippen LogP contribution in [0.5, 0.6) is 0 Å². The number of ether oxygens (including phenoxy) is 1. The number of nitrogens with zero attached hydrogens (tertiary/aromatic N) is 2. The lowest BCUT2D eigenvalue weighted by molar-refractivity contribution is -0.438. The van der Waals surface area contributed by atoms with Gasteiger partial charge in [0.1, 0.15) is 6.54 Å². The molecule has 0 aromatic heterocycles. The average molecular weight is 1000 g/mol. The minimum atomic E-state index is -4.09. The molecule has 0 fully saturated rings. The Hall–Kier alpha value is -5.48. The fourth-order valence-electron chi connectivity index (χ4n) is 11.4. The third-order valence-corrected chi connectivity index (χ3v) is 16.2. The first kappa shape index (κ1) is 51.9. The zero-order valence-corrected chi connectivity index (χ0v) is 43.1. The smallest absolute Gasteiger partial charge is 0.264 e. The number of carbonyl (C=O) groups is 1. The van der Waals surface area contributed by atoms with Gasteiger partial charge in [-0.3, -0.25) is 13.9 Å². The van der Waals surface area contributed by atoms with E-state index < -0.39 is 25.7 Å². The first-order valence-corrected chi connectivity index (χ1v) is 28.3. The van der Waals surface area contributed by atoms with Gasteiger partial charge in [-0.2, -0.15) is 21.4 Å². The molecule has 0 radical (unpaired) electrons. The molecule has 1 atom stereocenters. The Morgan fingerprint density at radius 3 is 2.11 bits per heavy atom. The fourth-order valence-corrected chi connectivity index (χ4v) is 12.5. The van der Waals surface area contributed by atoms with Crippen LogP contribution in [-0.2, 0) is 35.8 Å². The molecule has 1 amide bonds. The number of unbranched alkanes of at least 4 members (excludes halogenated alkanes) is 2. The Bertz CT molecular complexity index is 3150. The highest BCUT2D eigenvalue weighted by atomic mass is 32.2. The largest absolute Gasteiger partial charge is 0.378 e. The summed E-state index contributed by atoms with van der Waals surface area (Å²) in [6.45, 7) is 11.8. The average Bonchev–Trinajstić information content (AvgIpc) is 3.69. The van der Waals surface area contributed by atoms with E-state index in [4.69, 9.17) is 10.5 Å².